The maximum Gasteiger partial charge on any atom is 0.416 e. The van der Waals surface area contributed by atoms with Crippen LogP contribution in [0.5, 0.6) is 0 Å². The molecule has 0 aliphatic rings. The number of hydrogen-bond acceptors (Lipinski definition) is 7. The van der Waals surface area contributed by atoms with Crippen molar-refractivity contribution in [2.75, 3.05) is 23.1 Å². The van der Waals surface area contributed by atoms with Crippen molar-refractivity contribution in [2.45, 2.75) is 6.18 Å². The number of halogens is 3. The standard InChI is InChI=1S/C24H18F3N9O3/c1-39-36-13-29-21(20-19(37)8-9-28-22(20)36)31-15-3-5-16(6-4-15)32-23(38)33-17-12-14(24(25,26)27)2-7-18(17)35-11-10-30-34-35/h2-13H,1H3,(H3,28,30,31,32,33,34,37,38)/p+1. The minimum absolute atomic E-state index is 0.119. The Morgan fingerprint density at radius 1 is 1.08 bits per heavy atom. The number of amides is 2. The fourth-order valence-corrected chi connectivity index (χ4v) is 3.74. The van der Waals surface area contributed by atoms with E-state index in [4.69, 9.17) is 4.84 Å². The number of aromatic nitrogens is 6. The molecule has 39 heavy (non-hydrogen) atoms. The number of aromatic amines is 1. The summed E-state index contributed by atoms with van der Waals surface area (Å²) in [5, 5.41) is 15.8. The van der Waals surface area contributed by atoms with Crippen molar-refractivity contribution in [3.63, 3.8) is 0 Å². The molecule has 12 nitrogen and oxygen atoms in total. The molecule has 0 spiro atoms. The lowest BCUT2D eigenvalue weighted by Crippen LogP contribution is -2.43. The fraction of sp³-hybridized carbons (Fsp3) is 0.0833. The molecule has 2 amide bonds. The van der Waals surface area contributed by atoms with Crippen molar-refractivity contribution in [3.05, 3.63) is 89.2 Å². The third kappa shape index (κ3) is 5.31. The quantitative estimate of drug-likeness (QED) is 0.243. The monoisotopic (exact) mass is 538 g/mol. The van der Waals surface area contributed by atoms with Gasteiger partial charge in [0.15, 0.2) is 5.39 Å². The molecule has 0 bridgehead atoms. The molecule has 0 saturated heterocycles. The topological polar surface area (TPSA) is 143 Å². The van der Waals surface area contributed by atoms with Crippen molar-refractivity contribution in [1.82, 2.24) is 25.0 Å². The van der Waals surface area contributed by atoms with E-state index in [9.17, 15) is 22.8 Å². The summed E-state index contributed by atoms with van der Waals surface area (Å²) in [5.74, 6) is 0.281. The number of pyridine rings is 1. The number of nitrogens with zero attached hydrogens (tertiary/aromatic N) is 5. The number of benzene rings is 2. The maximum atomic E-state index is 13.3. The summed E-state index contributed by atoms with van der Waals surface area (Å²) in [6.45, 7) is 0. The Balaban J connectivity index is 1.33. The van der Waals surface area contributed by atoms with E-state index in [2.05, 4.69) is 36.2 Å². The second kappa shape index (κ2) is 10.1. The average molecular weight is 538 g/mol. The Kier molecular flexibility index (Phi) is 6.54. The van der Waals surface area contributed by atoms with E-state index in [0.29, 0.717) is 17.0 Å². The van der Waals surface area contributed by atoms with Gasteiger partial charge in [-0.05, 0) is 42.5 Å². The molecule has 4 N–H and O–H groups in total. The number of hydrogen-bond donors (Lipinski definition) is 4. The summed E-state index contributed by atoms with van der Waals surface area (Å²) in [4.78, 5) is 37.5. The predicted octanol–water partition coefficient (Wildman–Crippen LogP) is 3.26. The lowest BCUT2D eigenvalue weighted by Gasteiger charge is -2.15. The van der Waals surface area contributed by atoms with E-state index in [1.165, 1.54) is 53.6 Å². The fourth-order valence-electron chi connectivity index (χ4n) is 3.74. The number of carbonyl (C=O) groups excluding carboxylic acids is 1. The molecule has 0 fully saturated rings. The summed E-state index contributed by atoms with van der Waals surface area (Å²) in [7, 11) is 1.43. The van der Waals surface area contributed by atoms with Crippen LogP contribution in [0.15, 0.2) is 78.2 Å². The van der Waals surface area contributed by atoms with Crippen LogP contribution in [0, 0.1) is 0 Å². The molecular formula is C24H19F3N9O3+. The van der Waals surface area contributed by atoms with Crippen molar-refractivity contribution >= 4 is 39.9 Å². The first-order valence-electron chi connectivity index (χ1n) is 11.2. The smallest absolute Gasteiger partial charge is 0.360 e. The van der Waals surface area contributed by atoms with E-state index < -0.39 is 17.8 Å². The highest BCUT2D eigenvalue weighted by Crippen LogP contribution is 2.33. The van der Waals surface area contributed by atoms with Crippen LogP contribution in [0.2, 0.25) is 0 Å². The van der Waals surface area contributed by atoms with Crippen molar-refractivity contribution in [3.8, 4) is 5.69 Å². The van der Waals surface area contributed by atoms with Gasteiger partial charge in [-0.3, -0.25) is 9.78 Å². The van der Waals surface area contributed by atoms with E-state index in [-0.39, 0.29) is 28.0 Å². The lowest BCUT2D eigenvalue weighted by molar-refractivity contribution is -0.868. The van der Waals surface area contributed by atoms with Crippen molar-refractivity contribution < 1.29 is 27.5 Å². The van der Waals surface area contributed by atoms with Gasteiger partial charge in [0.2, 0.25) is 11.2 Å². The van der Waals surface area contributed by atoms with Gasteiger partial charge in [0.1, 0.15) is 7.11 Å². The molecule has 15 heteroatoms. The van der Waals surface area contributed by atoms with Gasteiger partial charge in [0, 0.05) is 17.4 Å². The maximum absolute atomic E-state index is 13.3. The van der Waals surface area contributed by atoms with Gasteiger partial charge in [-0.2, -0.15) is 13.2 Å². The molecule has 0 aliphatic heterocycles. The second-order valence-corrected chi connectivity index (χ2v) is 8.03. The highest BCUT2D eigenvalue weighted by molar-refractivity contribution is 6.01. The molecule has 0 radical (unpaired) electrons. The summed E-state index contributed by atoms with van der Waals surface area (Å²) >= 11 is 0. The minimum atomic E-state index is -4.61. The lowest BCUT2D eigenvalue weighted by atomic mass is 10.1. The van der Waals surface area contributed by atoms with E-state index >= 15 is 0 Å². The van der Waals surface area contributed by atoms with Crippen LogP contribution in [0.3, 0.4) is 0 Å². The van der Waals surface area contributed by atoms with Crippen LogP contribution in [0.1, 0.15) is 5.56 Å². The molecule has 3 aromatic heterocycles. The Labute approximate surface area is 217 Å². The molecule has 198 valence electrons. The number of alkyl halides is 3. The van der Waals surface area contributed by atoms with Crippen LogP contribution in [0.25, 0.3) is 16.7 Å². The number of fused-ring (bicyclic) bond motifs is 1. The zero-order valence-corrected chi connectivity index (χ0v) is 20.0. The third-order valence-electron chi connectivity index (χ3n) is 5.53. The van der Waals surface area contributed by atoms with Gasteiger partial charge in [-0.25, -0.2) is 9.48 Å². The molecule has 5 aromatic rings. The first kappa shape index (κ1) is 25.2. The molecule has 0 atom stereocenters. The van der Waals surface area contributed by atoms with Crippen LogP contribution in [0.4, 0.5) is 40.8 Å². The molecule has 0 saturated carbocycles. The number of rotatable bonds is 6. The highest BCUT2D eigenvalue weighted by Gasteiger charge is 2.31. The van der Waals surface area contributed by atoms with Crippen LogP contribution in [-0.2, 0) is 6.18 Å². The summed E-state index contributed by atoms with van der Waals surface area (Å²) < 4.78 is 42.3. The van der Waals surface area contributed by atoms with Crippen LogP contribution < -0.4 is 30.9 Å². The molecule has 5 rings (SSSR count). The largest absolute Gasteiger partial charge is 0.416 e. The van der Waals surface area contributed by atoms with Gasteiger partial charge in [0.25, 0.3) is 12.0 Å². The normalized spacial score (nSPS) is 11.3. The Morgan fingerprint density at radius 3 is 2.54 bits per heavy atom. The minimum Gasteiger partial charge on any atom is -0.360 e. The number of anilines is 4. The zero-order chi connectivity index (χ0) is 27.6. The molecule has 0 aliphatic carbocycles. The van der Waals surface area contributed by atoms with Crippen LogP contribution in [-0.4, -0.2) is 38.1 Å². The van der Waals surface area contributed by atoms with E-state index in [1.54, 1.807) is 24.3 Å². The highest BCUT2D eigenvalue weighted by atomic mass is 19.4. The van der Waals surface area contributed by atoms with Gasteiger partial charge >= 0.3 is 12.2 Å². The molecule has 3 heterocycles. The summed E-state index contributed by atoms with van der Waals surface area (Å²) in [6.07, 6.45) is 1.07. The molecule has 0 unspecified atom stereocenters. The number of nitrogens with one attached hydrogen (secondary N) is 4. The van der Waals surface area contributed by atoms with Crippen LogP contribution >= 0.6 is 0 Å². The van der Waals surface area contributed by atoms with Gasteiger partial charge in [0.05, 0.1) is 35.5 Å². The number of carbonyl (C=O) groups is 1. The Hall–Kier alpha value is -5.47. The van der Waals surface area contributed by atoms with Gasteiger partial charge < -0.3 is 20.8 Å². The predicted molar refractivity (Wildman–Crippen MR) is 134 cm³/mol. The van der Waals surface area contributed by atoms with E-state index in [0.717, 1.165) is 12.1 Å². The second-order valence-electron chi connectivity index (χ2n) is 8.03. The van der Waals surface area contributed by atoms with E-state index in [1.807, 2.05) is 0 Å². The molecular weight excluding hydrogens is 519 g/mol. The number of H-pyrrole nitrogens is 1. The zero-order valence-electron chi connectivity index (χ0n) is 20.0. The summed E-state index contributed by atoms with van der Waals surface area (Å²) in [5.41, 5.74) is 0.174. The molecule has 2 aromatic carbocycles. The Morgan fingerprint density at radius 2 is 1.85 bits per heavy atom. The van der Waals surface area contributed by atoms with Gasteiger partial charge in [-0.1, -0.05) is 14.9 Å². The van der Waals surface area contributed by atoms with Crippen molar-refractivity contribution in [2.24, 2.45) is 0 Å². The summed E-state index contributed by atoms with van der Waals surface area (Å²) in [6, 6.07) is 9.87. The average Bonchev–Trinajstić information content (AvgIpc) is 3.44. The Bertz CT molecular complexity index is 1700. The third-order valence-corrected chi connectivity index (χ3v) is 5.53. The van der Waals surface area contributed by atoms with Gasteiger partial charge in [-0.15, -0.1) is 5.10 Å². The first-order chi connectivity index (χ1) is 18.7. The SMILES string of the molecule is CO[n+]1cnc(Nc2ccc(NC(=O)Nc3cc(C(F)(F)F)ccc3-n3ccnn3)cc2)c2c(=O)cc[nH]c21. The number of urea groups is 1. The first-order valence-corrected chi connectivity index (χ1v) is 11.2. The van der Waals surface area contributed by atoms with Crippen molar-refractivity contribution in [1.29, 1.82) is 0 Å².